The molecule has 1 aliphatic rings. The maximum absolute atomic E-state index is 9.38. The van der Waals surface area contributed by atoms with Crippen molar-refractivity contribution >= 4 is 0 Å². The second-order valence-corrected chi connectivity index (χ2v) is 5.57. The van der Waals surface area contributed by atoms with Crippen molar-refractivity contribution in [1.29, 1.82) is 0 Å². The molecule has 1 fully saturated rings. The summed E-state index contributed by atoms with van der Waals surface area (Å²) in [6.45, 7) is 6.49. The molecule has 1 aliphatic carbocycles. The van der Waals surface area contributed by atoms with E-state index >= 15 is 0 Å². The van der Waals surface area contributed by atoms with Gasteiger partial charge in [-0.05, 0) is 30.6 Å². The van der Waals surface area contributed by atoms with Crippen LogP contribution in [0.15, 0.2) is 0 Å². The summed E-state index contributed by atoms with van der Waals surface area (Å²) >= 11 is 0. The fourth-order valence-electron chi connectivity index (χ4n) is 2.56. The summed E-state index contributed by atoms with van der Waals surface area (Å²) in [5, 5.41) is 9.38. The monoisotopic (exact) mass is 228 g/mol. The van der Waals surface area contributed by atoms with Crippen LogP contribution in [0, 0.1) is 17.8 Å². The molecule has 0 aliphatic heterocycles. The molecule has 0 bridgehead atoms. The zero-order valence-corrected chi connectivity index (χ0v) is 11.0. The fourth-order valence-corrected chi connectivity index (χ4v) is 2.56. The van der Waals surface area contributed by atoms with Crippen LogP contribution in [-0.2, 0) is 4.74 Å². The minimum atomic E-state index is 0.345. The van der Waals surface area contributed by atoms with E-state index in [0.29, 0.717) is 12.5 Å². The van der Waals surface area contributed by atoms with Crippen LogP contribution in [0.5, 0.6) is 0 Å². The molecule has 1 atom stereocenters. The minimum absolute atomic E-state index is 0.345. The minimum Gasteiger partial charge on any atom is -0.396 e. The van der Waals surface area contributed by atoms with Crippen molar-refractivity contribution in [1.82, 2.24) is 0 Å². The van der Waals surface area contributed by atoms with Crippen molar-refractivity contribution in [3.8, 4) is 0 Å². The molecule has 0 aromatic heterocycles. The summed E-state index contributed by atoms with van der Waals surface area (Å²) in [7, 11) is 0. The van der Waals surface area contributed by atoms with Gasteiger partial charge in [0.05, 0.1) is 0 Å². The van der Waals surface area contributed by atoms with Crippen LogP contribution in [0.1, 0.15) is 52.4 Å². The first-order chi connectivity index (χ1) is 7.74. The summed E-state index contributed by atoms with van der Waals surface area (Å²) in [6.07, 6.45) is 7.53. The number of aliphatic hydroxyl groups excluding tert-OH is 1. The van der Waals surface area contributed by atoms with Gasteiger partial charge in [-0.25, -0.2) is 0 Å². The Morgan fingerprint density at radius 1 is 1.12 bits per heavy atom. The fraction of sp³-hybridized carbons (Fsp3) is 1.00. The molecule has 1 unspecified atom stereocenters. The molecule has 2 nitrogen and oxygen atoms in total. The zero-order valence-electron chi connectivity index (χ0n) is 11.0. The normalized spacial score (nSPS) is 19.5. The Hall–Kier alpha value is -0.0800. The lowest BCUT2D eigenvalue weighted by Gasteiger charge is -2.21. The SMILES string of the molecule is CC(C)CCOCCC(CO)C1CCCC1. The largest absolute Gasteiger partial charge is 0.396 e. The van der Waals surface area contributed by atoms with E-state index in [9.17, 15) is 5.11 Å². The maximum atomic E-state index is 9.38. The molecule has 96 valence electrons. The topological polar surface area (TPSA) is 29.5 Å². The third kappa shape index (κ3) is 5.31. The van der Waals surface area contributed by atoms with Crippen LogP contribution < -0.4 is 0 Å². The molecule has 0 aromatic carbocycles. The number of aliphatic hydroxyl groups is 1. The average molecular weight is 228 g/mol. The van der Waals surface area contributed by atoms with Crippen molar-refractivity contribution in [3.63, 3.8) is 0 Å². The van der Waals surface area contributed by atoms with Gasteiger partial charge in [-0.1, -0.05) is 39.5 Å². The number of rotatable bonds is 8. The maximum Gasteiger partial charge on any atom is 0.0469 e. The molecule has 1 saturated carbocycles. The first kappa shape index (κ1) is 14.0. The van der Waals surface area contributed by atoms with Gasteiger partial charge in [-0.3, -0.25) is 0 Å². The summed E-state index contributed by atoms with van der Waals surface area (Å²) < 4.78 is 5.63. The van der Waals surface area contributed by atoms with E-state index in [0.717, 1.165) is 37.9 Å². The van der Waals surface area contributed by atoms with E-state index in [1.54, 1.807) is 0 Å². The van der Waals surface area contributed by atoms with Gasteiger partial charge in [-0.15, -0.1) is 0 Å². The van der Waals surface area contributed by atoms with Gasteiger partial charge < -0.3 is 9.84 Å². The first-order valence-corrected chi connectivity index (χ1v) is 6.92. The van der Waals surface area contributed by atoms with Crippen LogP contribution in [0.2, 0.25) is 0 Å². The van der Waals surface area contributed by atoms with Gasteiger partial charge in [0, 0.05) is 19.8 Å². The van der Waals surface area contributed by atoms with Gasteiger partial charge in [0.15, 0.2) is 0 Å². The Morgan fingerprint density at radius 3 is 2.31 bits per heavy atom. The van der Waals surface area contributed by atoms with Crippen molar-refractivity contribution in [2.45, 2.75) is 52.4 Å². The molecule has 0 amide bonds. The predicted octanol–water partition coefficient (Wildman–Crippen LogP) is 3.24. The molecule has 0 heterocycles. The highest BCUT2D eigenvalue weighted by Crippen LogP contribution is 2.32. The Labute approximate surface area is 100 Å². The standard InChI is InChI=1S/C14H28O2/c1-12(2)7-9-16-10-8-14(11-15)13-5-3-4-6-13/h12-15H,3-11H2,1-2H3. The van der Waals surface area contributed by atoms with Crippen LogP contribution in [0.25, 0.3) is 0 Å². The number of ether oxygens (including phenoxy) is 1. The smallest absolute Gasteiger partial charge is 0.0469 e. The van der Waals surface area contributed by atoms with E-state index in [-0.39, 0.29) is 0 Å². The lowest BCUT2D eigenvalue weighted by Crippen LogP contribution is -2.18. The molecule has 0 radical (unpaired) electrons. The summed E-state index contributed by atoms with van der Waals surface area (Å²) in [5.41, 5.74) is 0. The summed E-state index contributed by atoms with van der Waals surface area (Å²) in [5.74, 6) is 1.98. The third-order valence-corrected chi connectivity index (χ3v) is 3.77. The Bertz CT molecular complexity index is 162. The van der Waals surface area contributed by atoms with Crippen molar-refractivity contribution in [2.75, 3.05) is 19.8 Å². The number of hydrogen-bond donors (Lipinski definition) is 1. The van der Waals surface area contributed by atoms with Gasteiger partial charge >= 0.3 is 0 Å². The van der Waals surface area contributed by atoms with Crippen LogP contribution in [-0.4, -0.2) is 24.9 Å². The second kappa shape index (κ2) is 8.08. The molecule has 16 heavy (non-hydrogen) atoms. The predicted molar refractivity (Wildman–Crippen MR) is 67.4 cm³/mol. The molecular weight excluding hydrogens is 200 g/mol. The van der Waals surface area contributed by atoms with Crippen LogP contribution in [0.4, 0.5) is 0 Å². The number of hydrogen-bond acceptors (Lipinski definition) is 2. The highest BCUT2D eigenvalue weighted by Gasteiger charge is 2.23. The van der Waals surface area contributed by atoms with Gasteiger partial charge in [-0.2, -0.15) is 0 Å². The van der Waals surface area contributed by atoms with E-state index in [1.165, 1.54) is 25.7 Å². The molecule has 1 rings (SSSR count). The second-order valence-electron chi connectivity index (χ2n) is 5.57. The zero-order chi connectivity index (χ0) is 11.8. The third-order valence-electron chi connectivity index (χ3n) is 3.77. The molecule has 0 spiro atoms. The average Bonchev–Trinajstić information content (AvgIpc) is 2.76. The lowest BCUT2D eigenvalue weighted by atomic mass is 9.89. The molecule has 0 aromatic rings. The van der Waals surface area contributed by atoms with Crippen LogP contribution in [0.3, 0.4) is 0 Å². The molecule has 2 heteroatoms. The Morgan fingerprint density at radius 2 is 1.75 bits per heavy atom. The first-order valence-electron chi connectivity index (χ1n) is 6.92. The molecule has 1 N–H and O–H groups in total. The van der Waals surface area contributed by atoms with E-state index in [4.69, 9.17) is 4.74 Å². The van der Waals surface area contributed by atoms with Gasteiger partial charge in [0.25, 0.3) is 0 Å². The quantitative estimate of drug-likeness (QED) is 0.646. The summed E-state index contributed by atoms with van der Waals surface area (Å²) in [4.78, 5) is 0. The van der Waals surface area contributed by atoms with E-state index < -0.39 is 0 Å². The lowest BCUT2D eigenvalue weighted by molar-refractivity contribution is 0.0831. The van der Waals surface area contributed by atoms with Crippen LogP contribution >= 0.6 is 0 Å². The highest BCUT2D eigenvalue weighted by molar-refractivity contribution is 4.74. The van der Waals surface area contributed by atoms with Crippen molar-refractivity contribution in [2.24, 2.45) is 17.8 Å². The van der Waals surface area contributed by atoms with E-state index in [2.05, 4.69) is 13.8 Å². The van der Waals surface area contributed by atoms with Gasteiger partial charge in [0.2, 0.25) is 0 Å². The van der Waals surface area contributed by atoms with E-state index in [1.807, 2.05) is 0 Å². The van der Waals surface area contributed by atoms with Gasteiger partial charge in [0.1, 0.15) is 0 Å². The molecule has 0 saturated heterocycles. The molecular formula is C14H28O2. The summed E-state index contributed by atoms with van der Waals surface area (Å²) in [6, 6.07) is 0. The highest BCUT2D eigenvalue weighted by atomic mass is 16.5. The van der Waals surface area contributed by atoms with Crippen molar-refractivity contribution < 1.29 is 9.84 Å². The van der Waals surface area contributed by atoms with Crippen molar-refractivity contribution in [3.05, 3.63) is 0 Å². The Kier molecular flexibility index (Phi) is 7.06. The Balaban J connectivity index is 2.04.